The van der Waals surface area contributed by atoms with E-state index >= 15 is 0 Å². The van der Waals surface area contributed by atoms with E-state index in [-0.39, 0.29) is 36.4 Å². The second-order valence-corrected chi connectivity index (χ2v) is 13.2. The van der Waals surface area contributed by atoms with E-state index in [1.54, 1.807) is 21.0 Å². The zero-order chi connectivity index (χ0) is 41.2. The molecule has 2 N–H and O–H groups in total. The Kier molecular flexibility index (Phi) is 41.3. The summed E-state index contributed by atoms with van der Waals surface area (Å²) in [6.07, 6.45) is 1.53. The lowest BCUT2D eigenvalue weighted by Gasteiger charge is -2.20. The lowest BCUT2D eigenvalue weighted by atomic mass is 9.97. The Balaban J connectivity index is 3.37. The largest absolute Gasteiger partial charge is 0.382 e. The molecule has 0 rings (SSSR count). The summed E-state index contributed by atoms with van der Waals surface area (Å²) in [4.78, 5) is 37.0. The van der Waals surface area contributed by atoms with Crippen molar-refractivity contribution >= 4 is 17.6 Å². The molecule has 1 atom stereocenters. The number of carbonyl (C=O) groups is 3. The molecule has 56 heavy (non-hydrogen) atoms. The molecule has 0 unspecified atom stereocenters. The third kappa shape index (κ3) is 40.3. The van der Waals surface area contributed by atoms with Gasteiger partial charge < -0.3 is 67.5 Å². The summed E-state index contributed by atoms with van der Waals surface area (Å²) in [6.45, 7) is 19.2. The van der Waals surface area contributed by atoms with Crippen molar-refractivity contribution in [2.75, 3.05) is 166 Å². The van der Waals surface area contributed by atoms with Gasteiger partial charge in [-0.1, -0.05) is 27.7 Å². The predicted molar refractivity (Wildman–Crippen MR) is 209 cm³/mol. The molecule has 0 aliphatic heterocycles. The second-order valence-electron chi connectivity index (χ2n) is 13.2. The van der Waals surface area contributed by atoms with Gasteiger partial charge in [-0.25, -0.2) is 0 Å². The van der Waals surface area contributed by atoms with E-state index < -0.39 is 6.04 Å². The van der Waals surface area contributed by atoms with Crippen molar-refractivity contribution in [3.63, 3.8) is 0 Å². The van der Waals surface area contributed by atoms with Crippen LogP contribution in [0.15, 0.2) is 0 Å². The van der Waals surface area contributed by atoms with Gasteiger partial charge in [-0.05, 0) is 18.8 Å². The highest BCUT2D eigenvalue weighted by Crippen LogP contribution is 2.09. The molecule has 17 nitrogen and oxygen atoms in total. The summed E-state index contributed by atoms with van der Waals surface area (Å²) in [5.41, 5.74) is 0. The summed E-state index contributed by atoms with van der Waals surface area (Å²) in [7, 11) is 1.64. The monoisotopic (exact) mass is 813 g/mol. The molecule has 0 bridgehead atoms. The lowest BCUT2D eigenvalue weighted by molar-refractivity contribution is -0.130. The van der Waals surface area contributed by atoms with Crippen molar-refractivity contribution in [3.05, 3.63) is 0 Å². The number of nitrogens with one attached hydrogen (secondary N) is 2. The molecular formula is C39H76N2O15. The fourth-order valence-electron chi connectivity index (χ4n) is 4.44. The molecule has 332 valence electrons. The standard InChI is InChI=1S/C39H76N2O15/c1-34(2)6-8-38(43)41-36(39(44)35(3)4)7-9-37(42)40-10-11-46-14-15-48-18-19-50-22-23-52-26-27-54-30-31-56-33-32-55-29-28-53-25-24-51-21-20-49-17-16-47-13-12-45-5/h34-36H,6-33H2,1-5H3,(H,40,42)(H,41,43)/t36-/m0/s1. The van der Waals surface area contributed by atoms with Crippen LogP contribution < -0.4 is 10.6 Å². The van der Waals surface area contributed by atoms with Crippen molar-refractivity contribution in [2.24, 2.45) is 11.8 Å². The van der Waals surface area contributed by atoms with Gasteiger partial charge in [0.15, 0.2) is 5.78 Å². The number of ketones is 1. The first-order valence-corrected chi connectivity index (χ1v) is 20.2. The Bertz CT molecular complexity index is 885. The van der Waals surface area contributed by atoms with E-state index in [0.717, 1.165) is 6.42 Å². The third-order valence-electron chi connectivity index (χ3n) is 7.58. The SMILES string of the molecule is COCCOCCOCCOCCOCCOCCOCCOCCOCCOCCOCCOCCNC(=O)CC[C@H](NC(=O)CCC(C)C)C(=O)C(C)C. The van der Waals surface area contributed by atoms with E-state index in [2.05, 4.69) is 10.6 Å². The van der Waals surface area contributed by atoms with Gasteiger partial charge in [0.1, 0.15) is 0 Å². The van der Waals surface area contributed by atoms with Crippen LogP contribution in [0.4, 0.5) is 0 Å². The number of carbonyl (C=O) groups excluding carboxylic acids is 3. The van der Waals surface area contributed by atoms with Crippen LogP contribution in [-0.2, 0) is 71.2 Å². The van der Waals surface area contributed by atoms with E-state index in [1.807, 2.05) is 13.8 Å². The van der Waals surface area contributed by atoms with Gasteiger partial charge in [-0.3, -0.25) is 14.4 Å². The van der Waals surface area contributed by atoms with Crippen molar-refractivity contribution in [2.45, 2.75) is 59.4 Å². The molecule has 0 fully saturated rings. The molecular weight excluding hydrogens is 736 g/mol. The Hall–Kier alpha value is -1.87. The summed E-state index contributed by atoms with van der Waals surface area (Å²) in [5.74, 6) is -0.238. The number of amides is 2. The van der Waals surface area contributed by atoms with Gasteiger partial charge in [0.2, 0.25) is 11.8 Å². The molecule has 0 aliphatic rings. The molecule has 0 heterocycles. The van der Waals surface area contributed by atoms with E-state index in [1.165, 1.54) is 0 Å². The van der Waals surface area contributed by atoms with Crippen LogP contribution in [0.25, 0.3) is 0 Å². The molecule has 0 spiro atoms. The zero-order valence-corrected chi connectivity index (χ0v) is 35.2. The van der Waals surface area contributed by atoms with E-state index in [9.17, 15) is 14.4 Å². The number of ether oxygens (including phenoxy) is 12. The third-order valence-corrected chi connectivity index (χ3v) is 7.58. The summed E-state index contributed by atoms with van der Waals surface area (Å²) in [6, 6.07) is -0.656. The maximum atomic E-state index is 12.5. The molecule has 2 amide bonds. The Morgan fingerprint density at radius 1 is 0.411 bits per heavy atom. The highest BCUT2D eigenvalue weighted by molar-refractivity contribution is 5.90. The summed E-state index contributed by atoms with van der Waals surface area (Å²) in [5, 5.41) is 5.60. The smallest absolute Gasteiger partial charge is 0.220 e. The molecule has 0 aromatic heterocycles. The van der Waals surface area contributed by atoms with Crippen LogP contribution in [0, 0.1) is 11.8 Å². The molecule has 0 saturated heterocycles. The van der Waals surface area contributed by atoms with Crippen molar-refractivity contribution in [1.82, 2.24) is 10.6 Å². The van der Waals surface area contributed by atoms with Gasteiger partial charge in [0.25, 0.3) is 0 Å². The number of hydrogen-bond donors (Lipinski definition) is 2. The average Bonchev–Trinajstić information content (AvgIpc) is 3.18. The van der Waals surface area contributed by atoms with Gasteiger partial charge >= 0.3 is 0 Å². The average molecular weight is 813 g/mol. The first-order valence-electron chi connectivity index (χ1n) is 20.2. The van der Waals surface area contributed by atoms with E-state index in [0.29, 0.717) is 171 Å². The van der Waals surface area contributed by atoms with Crippen LogP contribution in [0.2, 0.25) is 0 Å². The summed E-state index contributed by atoms with van der Waals surface area (Å²) >= 11 is 0. The number of Topliss-reactive ketones (excluding diaryl/α,β-unsaturated/α-hetero) is 1. The number of rotatable bonds is 45. The number of hydrogen-bond acceptors (Lipinski definition) is 15. The lowest BCUT2D eigenvalue weighted by Crippen LogP contribution is -2.43. The number of methoxy groups -OCH3 is 1. The fraction of sp³-hybridized carbons (Fsp3) is 0.923. The minimum atomic E-state index is -0.656. The van der Waals surface area contributed by atoms with Crippen LogP contribution >= 0.6 is 0 Å². The van der Waals surface area contributed by atoms with Gasteiger partial charge in [0, 0.05) is 32.4 Å². The van der Waals surface area contributed by atoms with Gasteiger partial charge in [-0.2, -0.15) is 0 Å². The Labute approximate surface area is 336 Å². The quantitative estimate of drug-likeness (QED) is 0.0849. The molecule has 0 aliphatic carbocycles. The molecule has 17 heteroatoms. The first kappa shape index (κ1) is 54.1. The fourth-order valence-corrected chi connectivity index (χ4v) is 4.44. The zero-order valence-electron chi connectivity index (χ0n) is 35.2. The maximum Gasteiger partial charge on any atom is 0.220 e. The highest BCUT2D eigenvalue weighted by atomic mass is 16.6. The maximum absolute atomic E-state index is 12.5. The van der Waals surface area contributed by atoms with Crippen molar-refractivity contribution in [3.8, 4) is 0 Å². The van der Waals surface area contributed by atoms with Crippen molar-refractivity contribution in [1.29, 1.82) is 0 Å². The minimum Gasteiger partial charge on any atom is -0.382 e. The molecule has 0 aromatic carbocycles. The van der Waals surface area contributed by atoms with Gasteiger partial charge in [-0.15, -0.1) is 0 Å². The highest BCUT2D eigenvalue weighted by Gasteiger charge is 2.24. The second kappa shape index (κ2) is 42.7. The minimum absolute atomic E-state index is 0.0656. The van der Waals surface area contributed by atoms with Gasteiger partial charge in [0.05, 0.1) is 158 Å². The Morgan fingerprint density at radius 2 is 0.714 bits per heavy atom. The summed E-state index contributed by atoms with van der Waals surface area (Å²) < 4.78 is 64.9. The molecule has 0 aromatic rings. The van der Waals surface area contributed by atoms with Crippen LogP contribution in [0.5, 0.6) is 0 Å². The van der Waals surface area contributed by atoms with Crippen molar-refractivity contribution < 1.29 is 71.2 Å². The van der Waals surface area contributed by atoms with E-state index in [4.69, 9.17) is 56.8 Å². The topological polar surface area (TPSA) is 186 Å². The first-order chi connectivity index (χ1) is 27.3. The normalized spacial score (nSPS) is 12.1. The predicted octanol–water partition coefficient (Wildman–Crippen LogP) is 1.86. The molecule has 0 saturated carbocycles. The van der Waals surface area contributed by atoms with Crippen LogP contribution in [-0.4, -0.2) is 189 Å². The van der Waals surface area contributed by atoms with Crippen LogP contribution in [0.3, 0.4) is 0 Å². The molecule has 0 radical (unpaired) electrons. The van der Waals surface area contributed by atoms with Crippen LogP contribution in [0.1, 0.15) is 53.4 Å². The Morgan fingerprint density at radius 3 is 1.02 bits per heavy atom.